The first-order chi connectivity index (χ1) is 16.1. The number of nitrogens with one attached hydrogen (secondary N) is 3. The molecule has 3 aromatic rings. The summed E-state index contributed by atoms with van der Waals surface area (Å²) in [7, 11) is -8.19. The molecule has 2 aromatic heterocycles. The molecule has 11 nitrogen and oxygen atoms in total. The zero-order valence-electron chi connectivity index (χ0n) is 19.1. The Morgan fingerprint density at radius 2 is 1.69 bits per heavy atom. The van der Waals surface area contributed by atoms with Crippen LogP contribution in [0.2, 0.25) is 5.02 Å². The van der Waals surface area contributed by atoms with Gasteiger partial charge in [-0.05, 0) is 51.0 Å². The molecule has 0 unspecified atom stereocenters. The quantitative estimate of drug-likeness (QED) is 0.395. The molecule has 3 N–H and O–H groups in total. The summed E-state index contributed by atoms with van der Waals surface area (Å²) >= 11 is 6.91. The zero-order chi connectivity index (χ0) is 26.3. The lowest BCUT2D eigenvalue weighted by atomic mass is 10.0. The number of aryl methyl sites for hydroxylation is 4. The van der Waals surface area contributed by atoms with Gasteiger partial charge >= 0.3 is 0 Å². The van der Waals surface area contributed by atoms with Crippen molar-refractivity contribution >= 4 is 66.4 Å². The number of rotatable bonds is 7. The van der Waals surface area contributed by atoms with E-state index in [-0.39, 0.29) is 37.6 Å². The van der Waals surface area contributed by atoms with Crippen LogP contribution in [0.4, 0.5) is 11.6 Å². The molecule has 0 aliphatic carbocycles. The number of sulfonamides is 2. The monoisotopic (exact) mass is 560 g/mol. The van der Waals surface area contributed by atoms with Crippen LogP contribution in [0.25, 0.3) is 0 Å². The number of anilines is 2. The lowest BCUT2D eigenvalue weighted by Crippen LogP contribution is -2.30. The Kier molecular flexibility index (Phi) is 7.32. The molecule has 2 amide bonds. The minimum absolute atomic E-state index is 0.0247. The summed E-state index contributed by atoms with van der Waals surface area (Å²) in [6.07, 6.45) is 0.826. The van der Waals surface area contributed by atoms with Gasteiger partial charge in [0.1, 0.15) is 20.5 Å². The molecule has 188 valence electrons. The topological polar surface area (TPSA) is 165 Å². The van der Waals surface area contributed by atoms with Crippen LogP contribution < -0.4 is 14.8 Å². The van der Waals surface area contributed by atoms with Crippen LogP contribution in [0.1, 0.15) is 41.7 Å². The number of nitrogens with zero attached hydrogens (tertiary/aromatic N) is 1. The maximum absolute atomic E-state index is 13.2. The van der Waals surface area contributed by atoms with E-state index in [1.54, 1.807) is 26.8 Å². The highest BCUT2D eigenvalue weighted by atomic mass is 35.5. The van der Waals surface area contributed by atoms with Crippen LogP contribution in [0.3, 0.4) is 0 Å². The van der Waals surface area contributed by atoms with E-state index in [2.05, 4.69) is 15.2 Å². The highest BCUT2D eigenvalue weighted by Gasteiger charge is 2.29. The number of carbonyl (C=O) groups is 2. The molecule has 0 aliphatic heterocycles. The van der Waals surface area contributed by atoms with E-state index in [0.29, 0.717) is 16.0 Å². The molecule has 0 aliphatic rings. The number of benzene rings is 1. The SMILES string of the molecule is Cc1cc(C)c(NC(=O)c2sc(C)cc2S(=O)(=O)Nc2onc(C)c2Cl)c(C(=O)NS(C)(=O)=O)c1. The molecule has 35 heavy (non-hydrogen) atoms. The van der Waals surface area contributed by atoms with E-state index in [9.17, 15) is 26.4 Å². The minimum atomic E-state index is -4.31. The van der Waals surface area contributed by atoms with Gasteiger partial charge in [0.25, 0.3) is 27.7 Å². The van der Waals surface area contributed by atoms with E-state index in [1.165, 1.54) is 19.1 Å². The summed E-state index contributed by atoms with van der Waals surface area (Å²) in [5, 5.41) is 6.12. The first-order valence-electron chi connectivity index (χ1n) is 9.79. The standard InChI is InChI=1S/C20H21ClN4O7S3/c1-9-6-10(2)16(13(7-9)18(26)24-34(5,28)29)22-19(27)17-14(8-11(3)33-17)35(30,31)25-20-15(21)12(4)23-32-20/h6-8,25H,1-5H3,(H,22,27)(H,24,26). The molecule has 0 saturated heterocycles. The Morgan fingerprint density at radius 1 is 1.03 bits per heavy atom. The average molecular weight is 561 g/mol. The van der Waals surface area contributed by atoms with Crippen molar-refractivity contribution in [2.24, 2.45) is 0 Å². The van der Waals surface area contributed by atoms with Crippen molar-refractivity contribution in [1.29, 1.82) is 0 Å². The molecular formula is C20H21ClN4O7S3. The number of aromatic nitrogens is 1. The highest BCUT2D eigenvalue weighted by molar-refractivity contribution is 7.93. The lowest BCUT2D eigenvalue weighted by Gasteiger charge is -2.15. The molecule has 3 rings (SSSR count). The number of hydrogen-bond acceptors (Lipinski definition) is 9. The maximum atomic E-state index is 13.2. The number of carbonyl (C=O) groups excluding carboxylic acids is 2. The van der Waals surface area contributed by atoms with Crippen LogP contribution in [-0.4, -0.2) is 40.1 Å². The van der Waals surface area contributed by atoms with Crippen molar-refractivity contribution in [2.45, 2.75) is 32.6 Å². The molecule has 0 fully saturated rings. The predicted molar refractivity (Wildman–Crippen MR) is 132 cm³/mol. The molecule has 1 aromatic carbocycles. The minimum Gasteiger partial charge on any atom is -0.336 e. The third kappa shape index (κ3) is 6.01. The van der Waals surface area contributed by atoms with E-state index in [4.69, 9.17) is 16.1 Å². The Hall–Kier alpha value is -2.94. The van der Waals surface area contributed by atoms with Crippen LogP contribution in [0.15, 0.2) is 27.6 Å². The third-order valence-corrected chi connectivity index (χ3v) is 8.11. The Labute approximate surface area is 211 Å². The molecule has 0 saturated carbocycles. The van der Waals surface area contributed by atoms with Gasteiger partial charge in [-0.3, -0.25) is 9.59 Å². The summed E-state index contributed by atoms with van der Waals surface area (Å²) in [4.78, 5) is 25.8. The summed E-state index contributed by atoms with van der Waals surface area (Å²) in [5.41, 5.74) is 1.34. The van der Waals surface area contributed by atoms with E-state index < -0.39 is 31.9 Å². The third-order valence-electron chi connectivity index (χ3n) is 4.58. The van der Waals surface area contributed by atoms with Gasteiger partial charge in [-0.1, -0.05) is 22.8 Å². The van der Waals surface area contributed by atoms with E-state index in [1.807, 2.05) is 4.72 Å². The van der Waals surface area contributed by atoms with Gasteiger partial charge in [0, 0.05) is 4.88 Å². The van der Waals surface area contributed by atoms with E-state index in [0.717, 1.165) is 17.6 Å². The summed E-state index contributed by atoms with van der Waals surface area (Å²) in [6, 6.07) is 4.40. The fraction of sp³-hybridized carbons (Fsp3) is 0.250. The number of amides is 2. The van der Waals surface area contributed by atoms with Crippen LogP contribution in [0, 0.1) is 27.7 Å². The molecule has 0 bridgehead atoms. The highest BCUT2D eigenvalue weighted by Crippen LogP contribution is 2.32. The number of thiophene rings is 1. The van der Waals surface area contributed by atoms with Crippen molar-refractivity contribution in [2.75, 3.05) is 16.3 Å². The molecule has 15 heteroatoms. The fourth-order valence-corrected chi connectivity index (χ4v) is 6.27. The summed E-state index contributed by atoms with van der Waals surface area (Å²) in [5.74, 6) is -2.06. The normalized spacial score (nSPS) is 11.8. The summed E-state index contributed by atoms with van der Waals surface area (Å²) < 4.78 is 58.1. The Balaban J connectivity index is 2.01. The van der Waals surface area contributed by atoms with Gasteiger partial charge < -0.3 is 9.84 Å². The molecular weight excluding hydrogens is 540 g/mol. The van der Waals surface area contributed by atoms with Crippen molar-refractivity contribution in [3.05, 3.63) is 55.4 Å². The second kappa shape index (κ2) is 9.60. The maximum Gasteiger partial charge on any atom is 0.267 e. The van der Waals surface area contributed by atoms with Gasteiger partial charge in [-0.2, -0.15) is 0 Å². The van der Waals surface area contributed by atoms with Crippen LogP contribution >= 0.6 is 22.9 Å². The predicted octanol–water partition coefficient (Wildman–Crippen LogP) is 3.37. The fourth-order valence-electron chi connectivity index (χ4n) is 3.15. The molecule has 2 heterocycles. The largest absolute Gasteiger partial charge is 0.336 e. The number of halogens is 1. The number of hydrogen-bond donors (Lipinski definition) is 3. The second-order valence-corrected chi connectivity index (χ2v) is 12.8. The van der Waals surface area contributed by atoms with Gasteiger partial charge in [0.2, 0.25) is 10.0 Å². The smallest absolute Gasteiger partial charge is 0.267 e. The van der Waals surface area contributed by atoms with Crippen molar-refractivity contribution < 1.29 is 30.9 Å². The molecule has 0 atom stereocenters. The first kappa shape index (κ1) is 26.7. The van der Waals surface area contributed by atoms with Crippen molar-refractivity contribution in [3.8, 4) is 0 Å². The first-order valence-corrected chi connectivity index (χ1v) is 14.4. The second-order valence-electron chi connectivity index (χ2n) is 7.73. The molecule has 0 spiro atoms. The summed E-state index contributed by atoms with van der Waals surface area (Å²) in [6.45, 7) is 6.46. The van der Waals surface area contributed by atoms with Gasteiger partial charge in [0.15, 0.2) is 0 Å². The Bertz CT molecular complexity index is 1560. The van der Waals surface area contributed by atoms with Gasteiger partial charge in [0.05, 0.1) is 17.5 Å². The van der Waals surface area contributed by atoms with Crippen molar-refractivity contribution in [3.63, 3.8) is 0 Å². The molecule has 0 radical (unpaired) electrons. The van der Waals surface area contributed by atoms with Crippen LogP contribution in [0.5, 0.6) is 0 Å². The lowest BCUT2D eigenvalue weighted by molar-refractivity contribution is 0.0982. The van der Waals surface area contributed by atoms with Gasteiger partial charge in [-0.15, -0.1) is 11.3 Å². The van der Waals surface area contributed by atoms with E-state index >= 15 is 0 Å². The van der Waals surface area contributed by atoms with Crippen LogP contribution in [-0.2, 0) is 20.0 Å². The zero-order valence-corrected chi connectivity index (χ0v) is 22.3. The van der Waals surface area contributed by atoms with Crippen molar-refractivity contribution in [1.82, 2.24) is 9.88 Å². The Morgan fingerprint density at radius 3 is 2.26 bits per heavy atom. The van der Waals surface area contributed by atoms with Gasteiger partial charge in [-0.25, -0.2) is 26.3 Å². The average Bonchev–Trinajstić information content (AvgIpc) is 3.26.